The number of esters is 3. The first-order valence-corrected chi connectivity index (χ1v) is 11.3. The molecule has 2 saturated heterocycles. The second kappa shape index (κ2) is 7.61. The highest BCUT2D eigenvalue weighted by molar-refractivity contribution is 5.83. The number of allylic oxidation sites excluding steroid dienone is 1. The molecule has 0 aromatic rings. The summed E-state index contributed by atoms with van der Waals surface area (Å²) in [7, 11) is 1.29. The molecule has 8 unspecified atom stereocenters. The molecule has 0 amide bonds. The Kier molecular flexibility index (Phi) is 5.48. The van der Waals surface area contributed by atoms with Crippen molar-refractivity contribution in [3.8, 4) is 0 Å². The molecular weight excluding hydrogens is 400 g/mol. The molecule has 2 heterocycles. The topological polar surface area (TPSA) is 88.1 Å². The van der Waals surface area contributed by atoms with Gasteiger partial charge in [-0.2, -0.15) is 0 Å². The fourth-order valence-electron chi connectivity index (χ4n) is 7.19. The van der Waals surface area contributed by atoms with Crippen LogP contribution in [0.1, 0.15) is 59.8 Å². The van der Waals surface area contributed by atoms with E-state index in [9.17, 15) is 14.4 Å². The van der Waals surface area contributed by atoms with Gasteiger partial charge in [0.05, 0.1) is 13.0 Å². The Morgan fingerprint density at radius 1 is 1.19 bits per heavy atom. The minimum absolute atomic E-state index is 0.171. The van der Waals surface area contributed by atoms with Gasteiger partial charge in [0.2, 0.25) is 12.4 Å². The van der Waals surface area contributed by atoms with E-state index in [2.05, 4.69) is 27.4 Å². The molecular formula is C24H34O7. The van der Waals surface area contributed by atoms with Crippen LogP contribution < -0.4 is 0 Å². The fourth-order valence-corrected chi connectivity index (χ4v) is 7.19. The van der Waals surface area contributed by atoms with Crippen LogP contribution in [0, 0.1) is 34.5 Å². The molecule has 2 aliphatic carbocycles. The molecule has 0 aromatic carbocycles. The molecule has 0 radical (unpaired) electrons. The number of ether oxygens (including phenoxy) is 4. The average molecular weight is 435 g/mol. The lowest BCUT2D eigenvalue weighted by molar-refractivity contribution is -0.212. The van der Waals surface area contributed by atoms with Crippen LogP contribution in [-0.4, -0.2) is 43.5 Å². The summed E-state index contributed by atoms with van der Waals surface area (Å²) in [6, 6.07) is 0. The first-order valence-electron chi connectivity index (χ1n) is 11.3. The summed E-state index contributed by atoms with van der Waals surface area (Å²) < 4.78 is 22.0. The van der Waals surface area contributed by atoms with Crippen LogP contribution in [0.25, 0.3) is 0 Å². The third-order valence-corrected chi connectivity index (χ3v) is 8.51. The van der Waals surface area contributed by atoms with Gasteiger partial charge < -0.3 is 18.9 Å². The minimum atomic E-state index is -1.19. The minimum Gasteiger partial charge on any atom is -0.467 e. The van der Waals surface area contributed by atoms with Crippen molar-refractivity contribution in [1.29, 1.82) is 0 Å². The Labute approximate surface area is 183 Å². The summed E-state index contributed by atoms with van der Waals surface area (Å²) in [5.74, 6) is -2.10. The molecule has 2 saturated carbocycles. The highest BCUT2D eigenvalue weighted by Crippen LogP contribution is 2.66. The van der Waals surface area contributed by atoms with Gasteiger partial charge in [0, 0.05) is 12.8 Å². The largest absolute Gasteiger partial charge is 0.467 e. The molecule has 4 rings (SSSR count). The quantitative estimate of drug-likeness (QED) is 0.382. The second-order valence-corrected chi connectivity index (χ2v) is 10.6. The van der Waals surface area contributed by atoms with E-state index in [-0.39, 0.29) is 22.7 Å². The van der Waals surface area contributed by atoms with Crippen molar-refractivity contribution in [1.82, 2.24) is 0 Å². The third kappa shape index (κ3) is 3.40. The Hall–Kier alpha value is -1.89. The van der Waals surface area contributed by atoms with Crippen molar-refractivity contribution in [3.05, 3.63) is 12.2 Å². The van der Waals surface area contributed by atoms with Crippen LogP contribution in [-0.2, 0) is 33.3 Å². The molecule has 0 N–H and O–H groups in total. The van der Waals surface area contributed by atoms with E-state index in [1.54, 1.807) is 0 Å². The first-order chi connectivity index (χ1) is 14.5. The smallest absolute Gasteiger partial charge is 0.350 e. The summed E-state index contributed by atoms with van der Waals surface area (Å²) in [4.78, 5) is 37.1. The fraction of sp³-hybridized carbons (Fsp3) is 0.792. The van der Waals surface area contributed by atoms with Crippen molar-refractivity contribution in [3.63, 3.8) is 0 Å². The first kappa shape index (κ1) is 22.3. The number of fused-ring (bicyclic) bond motifs is 3. The number of rotatable bonds is 3. The van der Waals surface area contributed by atoms with Gasteiger partial charge in [0.25, 0.3) is 0 Å². The maximum atomic E-state index is 12.7. The molecule has 0 spiro atoms. The molecule has 31 heavy (non-hydrogen) atoms. The molecule has 2 bridgehead atoms. The van der Waals surface area contributed by atoms with E-state index in [0.717, 1.165) is 32.1 Å². The molecule has 7 nitrogen and oxygen atoms in total. The summed E-state index contributed by atoms with van der Waals surface area (Å²) in [5.41, 5.74) is 1.09. The zero-order valence-corrected chi connectivity index (χ0v) is 19.1. The SMILES string of the molecule is C=C1CCCC(C)(C)C2CCC(C)(C3C4OC(=O)C(OC(C)=O)C3C(C(=O)OC)O4)C12. The number of carbonyl (C=O) groups is 3. The molecule has 8 atom stereocenters. The summed E-state index contributed by atoms with van der Waals surface area (Å²) in [5, 5.41) is 0. The lowest BCUT2D eigenvalue weighted by Gasteiger charge is -2.47. The van der Waals surface area contributed by atoms with Crippen LogP contribution in [0.15, 0.2) is 12.2 Å². The molecule has 0 aromatic heterocycles. The van der Waals surface area contributed by atoms with Gasteiger partial charge in [0.15, 0.2) is 6.10 Å². The molecule has 2 aliphatic heterocycles. The predicted molar refractivity (Wildman–Crippen MR) is 110 cm³/mol. The van der Waals surface area contributed by atoms with Gasteiger partial charge in [-0.1, -0.05) is 32.9 Å². The number of hydrogen-bond donors (Lipinski definition) is 0. The average Bonchev–Trinajstić information content (AvgIpc) is 3.16. The van der Waals surface area contributed by atoms with E-state index in [1.165, 1.54) is 19.6 Å². The van der Waals surface area contributed by atoms with Gasteiger partial charge in [-0.15, -0.1) is 0 Å². The third-order valence-electron chi connectivity index (χ3n) is 8.51. The number of hydrogen-bond acceptors (Lipinski definition) is 7. The number of methoxy groups -OCH3 is 1. The van der Waals surface area contributed by atoms with Crippen molar-refractivity contribution in [2.45, 2.75) is 78.3 Å². The molecule has 172 valence electrons. The Morgan fingerprint density at radius 3 is 2.55 bits per heavy atom. The van der Waals surface area contributed by atoms with Crippen molar-refractivity contribution < 1.29 is 33.3 Å². The van der Waals surface area contributed by atoms with Gasteiger partial charge >= 0.3 is 17.9 Å². The zero-order chi connectivity index (χ0) is 22.7. The van der Waals surface area contributed by atoms with Crippen molar-refractivity contribution in [2.24, 2.45) is 34.5 Å². The predicted octanol–water partition coefficient (Wildman–Crippen LogP) is 3.40. The van der Waals surface area contributed by atoms with Gasteiger partial charge in [-0.05, 0) is 54.8 Å². The van der Waals surface area contributed by atoms with Gasteiger partial charge in [0.1, 0.15) is 0 Å². The molecule has 4 fully saturated rings. The van der Waals surface area contributed by atoms with Gasteiger partial charge in [-0.3, -0.25) is 4.79 Å². The summed E-state index contributed by atoms with van der Waals surface area (Å²) in [6.45, 7) is 12.6. The summed E-state index contributed by atoms with van der Waals surface area (Å²) in [6.07, 6.45) is 2.11. The maximum Gasteiger partial charge on any atom is 0.350 e. The second-order valence-electron chi connectivity index (χ2n) is 10.6. The highest BCUT2D eigenvalue weighted by Gasteiger charge is 2.68. The van der Waals surface area contributed by atoms with Crippen LogP contribution in [0.3, 0.4) is 0 Å². The van der Waals surface area contributed by atoms with Crippen molar-refractivity contribution in [2.75, 3.05) is 7.11 Å². The standard InChI is InChI=1S/C24H34O7/c1-12-8-7-10-23(3,4)14-9-11-24(5,16(12)14)17-15-18(20(26)28-6)30-22(17)31-21(27)19(15)29-13(2)25/h14-19,22H,1,7-11H2,2-6H3. The van der Waals surface area contributed by atoms with Crippen LogP contribution >= 0.6 is 0 Å². The van der Waals surface area contributed by atoms with E-state index in [4.69, 9.17) is 18.9 Å². The van der Waals surface area contributed by atoms with E-state index >= 15 is 0 Å². The molecule has 7 heteroatoms. The highest BCUT2D eigenvalue weighted by atomic mass is 16.7. The number of carbonyl (C=O) groups excluding carboxylic acids is 3. The molecule has 4 aliphatic rings. The van der Waals surface area contributed by atoms with Crippen LogP contribution in [0.5, 0.6) is 0 Å². The Bertz CT molecular complexity index is 802. The lowest BCUT2D eigenvalue weighted by Crippen LogP contribution is -2.55. The monoisotopic (exact) mass is 434 g/mol. The van der Waals surface area contributed by atoms with Gasteiger partial charge in [-0.25, -0.2) is 9.59 Å². The van der Waals surface area contributed by atoms with Crippen LogP contribution in [0.4, 0.5) is 0 Å². The van der Waals surface area contributed by atoms with E-state index < -0.39 is 42.3 Å². The maximum absolute atomic E-state index is 12.7. The van der Waals surface area contributed by atoms with E-state index in [1.807, 2.05) is 0 Å². The zero-order valence-electron chi connectivity index (χ0n) is 19.1. The van der Waals surface area contributed by atoms with Crippen molar-refractivity contribution >= 4 is 17.9 Å². The Balaban J connectivity index is 1.78. The summed E-state index contributed by atoms with van der Waals surface area (Å²) >= 11 is 0. The van der Waals surface area contributed by atoms with E-state index in [0.29, 0.717) is 5.92 Å². The lowest BCUT2D eigenvalue weighted by atomic mass is 9.58. The Morgan fingerprint density at radius 2 is 1.90 bits per heavy atom. The normalized spacial score (nSPS) is 43.6. The van der Waals surface area contributed by atoms with Crippen LogP contribution in [0.2, 0.25) is 0 Å².